The molecule has 0 aliphatic rings. The Morgan fingerprint density at radius 1 is 0.900 bits per heavy atom. The summed E-state index contributed by atoms with van der Waals surface area (Å²) in [6.07, 6.45) is 1.51. The van der Waals surface area contributed by atoms with E-state index in [1.807, 2.05) is 42.5 Å². The van der Waals surface area contributed by atoms with Gasteiger partial charge in [-0.3, -0.25) is 0 Å². The molecule has 0 unspecified atom stereocenters. The number of fused-ring (bicyclic) bond motifs is 1. The fourth-order valence-corrected chi connectivity index (χ4v) is 3.14. The molecule has 30 heavy (non-hydrogen) atoms. The highest BCUT2D eigenvalue weighted by atomic mass is 32.1. The molecule has 0 fully saturated rings. The summed E-state index contributed by atoms with van der Waals surface area (Å²) in [4.78, 5) is 8.69. The molecule has 3 aromatic carbocycles. The summed E-state index contributed by atoms with van der Waals surface area (Å²) >= 11 is 5.34. The Labute approximate surface area is 178 Å². The molecule has 3 N–H and O–H groups in total. The molecule has 8 heteroatoms. The van der Waals surface area contributed by atoms with Crippen LogP contribution in [0.15, 0.2) is 73.1 Å². The number of aromatic nitrogens is 2. The Balaban J connectivity index is 1.55. The molecule has 0 atom stereocenters. The van der Waals surface area contributed by atoms with Crippen LogP contribution < -0.4 is 20.7 Å². The highest BCUT2D eigenvalue weighted by Crippen LogP contribution is 2.26. The zero-order chi connectivity index (χ0) is 20.9. The van der Waals surface area contributed by atoms with Gasteiger partial charge >= 0.3 is 0 Å². The molecule has 4 rings (SSSR count). The topological polar surface area (TPSA) is 71.1 Å². The van der Waals surface area contributed by atoms with E-state index < -0.39 is 0 Å². The number of methoxy groups -OCH3 is 1. The van der Waals surface area contributed by atoms with Crippen molar-refractivity contribution in [2.24, 2.45) is 0 Å². The third-order valence-electron chi connectivity index (χ3n) is 4.33. The SMILES string of the molecule is COc1ccc(Nc2ncnc3ccc(NC(=S)Nc4cccc(F)c4)cc23)cc1. The van der Waals surface area contributed by atoms with Crippen LogP contribution in [-0.2, 0) is 0 Å². The van der Waals surface area contributed by atoms with Crippen LogP contribution in [0.3, 0.4) is 0 Å². The molecule has 1 aromatic heterocycles. The molecule has 0 amide bonds. The number of thiocarbonyl (C=S) groups is 1. The standard InChI is InChI=1S/C22H18FN5OS/c1-29-18-8-5-15(6-9-18)26-21-19-12-17(7-10-20(19)24-13-25-21)28-22(30)27-16-4-2-3-14(23)11-16/h2-13H,1H3,(H,24,25,26)(H2,27,28,30). The first kappa shape index (κ1) is 19.5. The summed E-state index contributed by atoms with van der Waals surface area (Å²) in [5.41, 5.74) is 2.98. The van der Waals surface area contributed by atoms with Crippen LogP contribution in [0.5, 0.6) is 5.75 Å². The first-order chi connectivity index (χ1) is 14.6. The lowest BCUT2D eigenvalue weighted by atomic mass is 10.2. The molecule has 0 spiro atoms. The van der Waals surface area contributed by atoms with Crippen molar-refractivity contribution >= 4 is 51.1 Å². The number of benzene rings is 3. The van der Waals surface area contributed by atoms with Gasteiger partial charge in [0.1, 0.15) is 23.7 Å². The second-order valence-electron chi connectivity index (χ2n) is 6.40. The number of nitrogens with one attached hydrogen (secondary N) is 3. The van der Waals surface area contributed by atoms with Crippen LogP contribution >= 0.6 is 12.2 Å². The number of nitrogens with zero attached hydrogens (tertiary/aromatic N) is 2. The summed E-state index contributed by atoms with van der Waals surface area (Å²) in [5, 5.41) is 10.5. The van der Waals surface area contributed by atoms with Crippen molar-refractivity contribution in [2.75, 3.05) is 23.1 Å². The number of rotatable bonds is 5. The summed E-state index contributed by atoms with van der Waals surface area (Å²) in [7, 11) is 1.63. The molecule has 150 valence electrons. The molecule has 0 radical (unpaired) electrons. The normalized spacial score (nSPS) is 10.5. The van der Waals surface area contributed by atoms with E-state index in [9.17, 15) is 4.39 Å². The van der Waals surface area contributed by atoms with Crippen LogP contribution in [0.25, 0.3) is 10.9 Å². The van der Waals surface area contributed by atoms with E-state index in [0.29, 0.717) is 16.6 Å². The lowest BCUT2D eigenvalue weighted by molar-refractivity contribution is 0.415. The summed E-state index contributed by atoms with van der Waals surface area (Å²) < 4.78 is 18.5. The number of anilines is 4. The van der Waals surface area contributed by atoms with E-state index in [2.05, 4.69) is 25.9 Å². The van der Waals surface area contributed by atoms with Crippen molar-refractivity contribution in [1.29, 1.82) is 0 Å². The van der Waals surface area contributed by atoms with E-state index in [-0.39, 0.29) is 5.82 Å². The van der Waals surface area contributed by atoms with Crippen molar-refractivity contribution in [3.8, 4) is 5.75 Å². The van der Waals surface area contributed by atoms with Gasteiger partial charge in [0.15, 0.2) is 5.11 Å². The van der Waals surface area contributed by atoms with E-state index in [1.165, 1.54) is 18.5 Å². The Kier molecular flexibility index (Phi) is 5.67. The van der Waals surface area contributed by atoms with Crippen LogP contribution in [0.4, 0.5) is 27.3 Å². The molecule has 0 bridgehead atoms. The number of hydrogen-bond acceptors (Lipinski definition) is 5. The molecule has 4 aromatic rings. The van der Waals surface area contributed by atoms with Crippen LogP contribution in [-0.4, -0.2) is 22.2 Å². The predicted octanol–water partition coefficient (Wildman–Crippen LogP) is 5.33. The van der Waals surface area contributed by atoms with Gasteiger partial charge in [0.2, 0.25) is 0 Å². The zero-order valence-electron chi connectivity index (χ0n) is 16.0. The smallest absolute Gasteiger partial charge is 0.175 e. The first-order valence-electron chi connectivity index (χ1n) is 9.10. The van der Waals surface area contributed by atoms with Gasteiger partial charge in [-0.25, -0.2) is 14.4 Å². The van der Waals surface area contributed by atoms with Crippen molar-refractivity contribution < 1.29 is 9.13 Å². The van der Waals surface area contributed by atoms with Gasteiger partial charge in [-0.15, -0.1) is 0 Å². The van der Waals surface area contributed by atoms with Gasteiger partial charge in [0, 0.05) is 22.4 Å². The second-order valence-corrected chi connectivity index (χ2v) is 6.81. The molecule has 0 aliphatic heterocycles. The second kappa shape index (κ2) is 8.71. The van der Waals surface area contributed by atoms with Crippen molar-refractivity contribution in [1.82, 2.24) is 9.97 Å². The third kappa shape index (κ3) is 4.61. The fraction of sp³-hybridized carbons (Fsp3) is 0.0455. The van der Waals surface area contributed by atoms with Crippen molar-refractivity contribution in [2.45, 2.75) is 0 Å². The maximum absolute atomic E-state index is 13.4. The molecule has 6 nitrogen and oxygen atoms in total. The van der Waals surface area contributed by atoms with Gasteiger partial charge in [-0.2, -0.15) is 0 Å². The fourth-order valence-electron chi connectivity index (χ4n) is 2.90. The molecular formula is C22H18FN5OS. The van der Waals surface area contributed by atoms with E-state index in [1.54, 1.807) is 19.2 Å². The van der Waals surface area contributed by atoms with Gasteiger partial charge < -0.3 is 20.7 Å². The van der Waals surface area contributed by atoms with E-state index >= 15 is 0 Å². The van der Waals surface area contributed by atoms with Crippen LogP contribution in [0, 0.1) is 5.82 Å². The lowest BCUT2D eigenvalue weighted by Gasteiger charge is -2.13. The maximum atomic E-state index is 13.4. The van der Waals surface area contributed by atoms with E-state index in [4.69, 9.17) is 17.0 Å². The van der Waals surface area contributed by atoms with Gasteiger partial charge in [0.05, 0.1) is 12.6 Å². The van der Waals surface area contributed by atoms with Crippen molar-refractivity contribution in [3.63, 3.8) is 0 Å². The minimum Gasteiger partial charge on any atom is -0.497 e. The predicted molar refractivity (Wildman–Crippen MR) is 122 cm³/mol. The summed E-state index contributed by atoms with van der Waals surface area (Å²) in [5.74, 6) is 1.11. The number of ether oxygens (including phenoxy) is 1. The van der Waals surface area contributed by atoms with Crippen LogP contribution in [0.1, 0.15) is 0 Å². The van der Waals surface area contributed by atoms with Crippen LogP contribution in [0.2, 0.25) is 0 Å². The quantitative estimate of drug-likeness (QED) is 0.378. The average molecular weight is 419 g/mol. The number of hydrogen-bond donors (Lipinski definition) is 3. The minimum atomic E-state index is -0.333. The Bertz CT molecular complexity index is 1200. The Hall–Kier alpha value is -3.78. The largest absolute Gasteiger partial charge is 0.497 e. The molecular weight excluding hydrogens is 401 g/mol. The third-order valence-corrected chi connectivity index (χ3v) is 4.53. The van der Waals surface area contributed by atoms with Gasteiger partial charge in [-0.05, 0) is 72.9 Å². The highest BCUT2D eigenvalue weighted by Gasteiger charge is 2.07. The zero-order valence-corrected chi connectivity index (χ0v) is 16.8. The molecule has 0 saturated carbocycles. The number of halogens is 1. The van der Waals surface area contributed by atoms with Crippen molar-refractivity contribution in [3.05, 3.63) is 78.9 Å². The first-order valence-corrected chi connectivity index (χ1v) is 9.51. The minimum absolute atomic E-state index is 0.333. The van der Waals surface area contributed by atoms with E-state index in [0.717, 1.165) is 28.0 Å². The monoisotopic (exact) mass is 419 g/mol. The lowest BCUT2D eigenvalue weighted by Crippen LogP contribution is -2.19. The maximum Gasteiger partial charge on any atom is 0.175 e. The van der Waals surface area contributed by atoms with Gasteiger partial charge in [-0.1, -0.05) is 6.07 Å². The Morgan fingerprint density at radius 2 is 1.63 bits per heavy atom. The molecule has 0 saturated heterocycles. The average Bonchev–Trinajstić information content (AvgIpc) is 2.74. The molecule has 1 heterocycles. The highest BCUT2D eigenvalue weighted by molar-refractivity contribution is 7.80. The Morgan fingerprint density at radius 3 is 2.37 bits per heavy atom. The van der Waals surface area contributed by atoms with Gasteiger partial charge in [0.25, 0.3) is 0 Å². The summed E-state index contributed by atoms with van der Waals surface area (Å²) in [6.45, 7) is 0. The summed E-state index contributed by atoms with van der Waals surface area (Å²) in [6, 6.07) is 19.3. The molecule has 0 aliphatic carbocycles.